The monoisotopic (exact) mass is 428 g/mol. The van der Waals surface area contributed by atoms with Crippen LogP contribution in [0.4, 0.5) is 11.5 Å². The minimum atomic E-state index is -0.0426. The first-order valence-corrected chi connectivity index (χ1v) is 10.7. The summed E-state index contributed by atoms with van der Waals surface area (Å²) in [6, 6.07) is 15.2. The molecule has 3 aromatic rings. The molecule has 1 aromatic carbocycles. The van der Waals surface area contributed by atoms with Crippen molar-refractivity contribution in [3.8, 4) is 11.5 Å². The van der Waals surface area contributed by atoms with E-state index in [9.17, 15) is 4.79 Å². The molecule has 1 atom stereocenters. The van der Waals surface area contributed by atoms with E-state index in [0.717, 1.165) is 47.1 Å². The van der Waals surface area contributed by atoms with Gasteiger partial charge >= 0.3 is 0 Å². The minimum Gasteiger partial charge on any atom is -0.497 e. The normalized spacial score (nSPS) is 17.2. The number of hydrogen-bond acceptors (Lipinski definition) is 6. The molecule has 1 saturated heterocycles. The first-order valence-electron chi connectivity index (χ1n) is 10.7. The summed E-state index contributed by atoms with van der Waals surface area (Å²) in [5.74, 6) is 2.26. The van der Waals surface area contributed by atoms with E-state index in [-0.39, 0.29) is 18.6 Å². The molecule has 162 valence electrons. The largest absolute Gasteiger partial charge is 0.497 e. The molecule has 0 spiro atoms. The van der Waals surface area contributed by atoms with Crippen LogP contribution in [-0.4, -0.2) is 41.0 Å². The highest BCUT2D eigenvalue weighted by atomic mass is 16.5. The van der Waals surface area contributed by atoms with Crippen molar-refractivity contribution in [1.82, 2.24) is 14.9 Å². The lowest BCUT2D eigenvalue weighted by Crippen LogP contribution is -2.34. The molecular formula is C25H24N4O3. The maximum atomic E-state index is 13.4. The van der Waals surface area contributed by atoms with Crippen molar-refractivity contribution in [2.75, 3.05) is 25.6 Å². The molecule has 1 amide bonds. The summed E-state index contributed by atoms with van der Waals surface area (Å²) >= 11 is 0. The van der Waals surface area contributed by atoms with Gasteiger partial charge in [-0.05, 0) is 61.4 Å². The minimum absolute atomic E-state index is 0.00143. The SMILES string of the molecule is COc1ccc2c(c1)C=C(C(=O)N1CCC[C@H]1c1ccc(Nc3ccccn3)cn1)CO2. The van der Waals surface area contributed by atoms with E-state index in [1.54, 1.807) is 19.5 Å². The lowest BCUT2D eigenvalue weighted by molar-refractivity contribution is -0.128. The third-order valence-electron chi connectivity index (χ3n) is 5.78. The van der Waals surface area contributed by atoms with Gasteiger partial charge < -0.3 is 19.7 Å². The van der Waals surface area contributed by atoms with Crippen LogP contribution in [0, 0.1) is 0 Å². The van der Waals surface area contributed by atoms with Gasteiger partial charge in [0.15, 0.2) is 0 Å². The highest BCUT2D eigenvalue weighted by Gasteiger charge is 2.33. The number of fused-ring (bicyclic) bond motifs is 1. The maximum Gasteiger partial charge on any atom is 0.253 e. The number of hydrogen-bond donors (Lipinski definition) is 1. The molecule has 7 nitrogen and oxygen atoms in total. The zero-order valence-corrected chi connectivity index (χ0v) is 17.8. The van der Waals surface area contributed by atoms with E-state index < -0.39 is 0 Å². The Bertz CT molecular complexity index is 1150. The molecule has 1 N–H and O–H groups in total. The molecule has 0 bridgehead atoms. The van der Waals surface area contributed by atoms with Crippen molar-refractivity contribution in [2.45, 2.75) is 18.9 Å². The summed E-state index contributed by atoms with van der Waals surface area (Å²) in [6.07, 6.45) is 7.28. The highest BCUT2D eigenvalue weighted by Crippen LogP contribution is 2.35. The highest BCUT2D eigenvalue weighted by molar-refractivity contribution is 5.99. The van der Waals surface area contributed by atoms with E-state index in [1.807, 2.05) is 59.5 Å². The van der Waals surface area contributed by atoms with Crippen molar-refractivity contribution < 1.29 is 14.3 Å². The number of amides is 1. The van der Waals surface area contributed by atoms with Crippen LogP contribution >= 0.6 is 0 Å². The molecule has 32 heavy (non-hydrogen) atoms. The zero-order valence-electron chi connectivity index (χ0n) is 17.8. The van der Waals surface area contributed by atoms with Gasteiger partial charge in [-0.1, -0.05) is 6.07 Å². The molecular weight excluding hydrogens is 404 g/mol. The Kier molecular flexibility index (Phi) is 5.46. The first-order chi connectivity index (χ1) is 15.7. The van der Waals surface area contributed by atoms with E-state index in [1.165, 1.54) is 0 Å². The standard InChI is InChI=1S/C25H24N4O3/c1-31-20-8-10-23-17(14-20)13-18(16-32-23)25(30)29-12-4-5-22(29)21-9-7-19(15-27-21)28-24-6-2-3-11-26-24/h2-3,6-11,13-15,22H,4-5,12,16H2,1H3,(H,26,28)/t22-/m0/s1. The molecule has 7 heteroatoms. The quantitative estimate of drug-likeness (QED) is 0.650. The van der Waals surface area contributed by atoms with Gasteiger partial charge in [0.2, 0.25) is 0 Å². The molecule has 2 aliphatic rings. The van der Waals surface area contributed by atoms with Crippen molar-refractivity contribution in [1.29, 1.82) is 0 Å². The fourth-order valence-corrected chi connectivity index (χ4v) is 4.17. The lowest BCUT2D eigenvalue weighted by atomic mass is 10.0. The molecule has 2 aliphatic heterocycles. The summed E-state index contributed by atoms with van der Waals surface area (Å²) in [5.41, 5.74) is 3.25. The average molecular weight is 428 g/mol. The van der Waals surface area contributed by atoms with Crippen LogP contribution in [0.15, 0.2) is 66.5 Å². The Hall–Kier alpha value is -3.87. The van der Waals surface area contributed by atoms with Gasteiger partial charge in [0, 0.05) is 18.3 Å². The van der Waals surface area contributed by atoms with Gasteiger partial charge in [-0.2, -0.15) is 0 Å². The summed E-state index contributed by atoms with van der Waals surface area (Å²) in [4.78, 5) is 24.2. The van der Waals surface area contributed by atoms with Crippen LogP contribution in [0.2, 0.25) is 0 Å². The van der Waals surface area contributed by atoms with Gasteiger partial charge in [-0.15, -0.1) is 0 Å². The second kappa shape index (κ2) is 8.70. The summed E-state index contributed by atoms with van der Waals surface area (Å²) in [6.45, 7) is 0.975. The van der Waals surface area contributed by atoms with E-state index in [2.05, 4.69) is 15.3 Å². The summed E-state index contributed by atoms with van der Waals surface area (Å²) in [7, 11) is 1.63. The molecule has 0 saturated carbocycles. The van der Waals surface area contributed by atoms with Crippen LogP contribution in [0.25, 0.3) is 6.08 Å². The Morgan fingerprint density at radius 1 is 1.19 bits per heavy atom. The number of aromatic nitrogens is 2. The van der Waals surface area contributed by atoms with Gasteiger partial charge in [-0.25, -0.2) is 4.98 Å². The molecule has 1 fully saturated rings. The summed E-state index contributed by atoms with van der Waals surface area (Å²) in [5, 5.41) is 3.24. The van der Waals surface area contributed by atoms with Crippen molar-refractivity contribution >= 4 is 23.5 Å². The average Bonchev–Trinajstić information content (AvgIpc) is 3.34. The zero-order chi connectivity index (χ0) is 21.9. The fraction of sp³-hybridized carbons (Fsp3) is 0.240. The number of carbonyl (C=O) groups is 1. The fourth-order valence-electron chi connectivity index (χ4n) is 4.17. The predicted molar refractivity (Wildman–Crippen MR) is 122 cm³/mol. The number of rotatable bonds is 5. The van der Waals surface area contributed by atoms with Crippen LogP contribution in [0.5, 0.6) is 11.5 Å². The van der Waals surface area contributed by atoms with Crippen LogP contribution < -0.4 is 14.8 Å². The second-order valence-electron chi connectivity index (χ2n) is 7.83. The van der Waals surface area contributed by atoms with Crippen molar-refractivity contribution in [2.24, 2.45) is 0 Å². The number of pyridine rings is 2. The van der Waals surface area contributed by atoms with Crippen molar-refractivity contribution in [3.05, 3.63) is 77.8 Å². The third kappa shape index (κ3) is 4.01. The lowest BCUT2D eigenvalue weighted by Gasteiger charge is -2.27. The van der Waals surface area contributed by atoms with Crippen LogP contribution in [0.1, 0.15) is 30.1 Å². The molecule has 4 heterocycles. The Labute approximate surface area is 186 Å². The van der Waals surface area contributed by atoms with Gasteiger partial charge in [0.1, 0.15) is 23.9 Å². The number of benzene rings is 1. The van der Waals surface area contributed by atoms with Crippen LogP contribution in [-0.2, 0) is 4.79 Å². The number of anilines is 2. The third-order valence-corrected chi connectivity index (χ3v) is 5.78. The van der Waals surface area contributed by atoms with Gasteiger partial charge in [-0.3, -0.25) is 9.78 Å². The van der Waals surface area contributed by atoms with E-state index >= 15 is 0 Å². The molecule has 0 radical (unpaired) electrons. The second-order valence-corrected chi connectivity index (χ2v) is 7.83. The number of carbonyl (C=O) groups excluding carboxylic acids is 1. The number of ether oxygens (including phenoxy) is 2. The number of methoxy groups -OCH3 is 1. The summed E-state index contributed by atoms with van der Waals surface area (Å²) < 4.78 is 11.1. The Morgan fingerprint density at radius 2 is 2.12 bits per heavy atom. The van der Waals surface area contributed by atoms with E-state index in [4.69, 9.17) is 9.47 Å². The maximum absolute atomic E-state index is 13.4. The first kappa shape index (κ1) is 20.1. The Balaban J connectivity index is 1.33. The smallest absolute Gasteiger partial charge is 0.253 e. The molecule has 5 rings (SSSR count). The number of nitrogens with zero attached hydrogens (tertiary/aromatic N) is 3. The van der Waals surface area contributed by atoms with Crippen molar-refractivity contribution in [3.63, 3.8) is 0 Å². The van der Waals surface area contributed by atoms with E-state index in [0.29, 0.717) is 12.1 Å². The molecule has 0 aliphatic carbocycles. The van der Waals surface area contributed by atoms with Gasteiger partial charge in [0.25, 0.3) is 5.91 Å². The Morgan fingerprint density at radius 3 is 2.91 bits per heavy atom. The number of nitrogens with one attached hydrogen (secondary N) is 1. The van der Waals surface area contributed by atoms with Gasteiger partial charge in [0.05, 0.1) is 36.3 Å². The molecule has 2 aromatic heterocycles. The van der Waals surface area contributed by atoms with Crippen LogP contribution in [0.3, 0.4) is 0 Å². The number of likely N-dealkylation sites (tertiary alicyclic amines) is 1. The molecule has 0 unspecified atom stereocenters. The topological polar surface area (TPSA) is 76.6 Å². The predicted octanol–water partition coefficient (Wildman–Crippen LogP) is 4.37.